The zero-order chi connectivity index (χ0) is 19.0. The Morgan fingerprint density at radius 1 is 0.962 bits per heavy atom. The van der Waals surface area contributed by atoms with E-state index in [1.807, 2.05) is 6.92 Å². The van der Waals surface area contributed by atoms with Gasteiger partial charge < -0.3 is 14.7 Å². The SMILES string of the molecule is CCCCCCCCCCCC(=NO)OC(=O)c1ccccc1OCC. The minimum atomic E-state index is -0.558. The third-order valence-corrected chi connectivity index (χ3v) is 4.22. The summed E-state index contributed by atoms with van der Waals surface area (Å²) >= 11 is 0. The first-order valence-electron chi connectivity index (χ1n) is 9.87. The van der Waals surface area contributed by atoms with E-state index in [4.69, 9.17) is 14.7 Å². The Labute approximate surface area is 157 Å². The first kappa shape index (κ1) is 22.0. The molecule has 0 unspecified atom stereocenters. The summed E-state index contributed by atoms with van der Waals surface area (Å²) in [6.07, 6.45) is 11.3. The largest absolute Gasteiger partial charge is 0.493 e. The van der Waals surface area contributed by atoms with Crippen LogP contribution in [0.25, 0.3) is 0 Å². The third-order valence-electron chi connectivity index (χ3n) is 4.22. The molecule has 0 amide bonds. The Kier molecular flexibility index (Phi) is 12.0. The Morgan fingerprint density at radius 2 is 1.58 bits per heavy atom. The highest BCUT2D eigenvalue weighted by atomic mass is 16.6. The van der Waals surface area contributed by atoms with Gasteiger partial charge in [-0.1, -0.05) is 75.6 Å². The normalized spacial score (nSPS) is 11.4. The molecular weight excluding hydrogens is 330 g/mol. The molecule has 0 saturated heterocycles. The van der Waals surface area contributed by atoms with Crippen molar-refractivity contribution in [1.82, 2.24) is 0 Å². The molecule has 1 N–H and O–H groups in total. The monoisotopic (exact) mass is 363 g/mol. The number of para-hydroxylation sites is 1. The zero-order valence-electron chi connectivity index (χ0n) is 16.2. The van der Waals surface area contributed by atoms with Crippen LogP contribution in [0.15, 0.2) is 29.4 Å². The van der Waals surface area contributed by atoms with Crippen LogP contribution in [0.1, 0.15) is 88.4 Å². The van der Waals surface area contributed by atoms with Crippen molar-refractivity contribution in [2.24, 2.45) is 5.16 Å². The second-order valence-electron chi connectivity index (χ2n) is 6.39. The van der Waals surface area contributed by atoms with Gasteiger partial charge in [0.05, 0.1) is 6.61 Å². The van der Waals surface area contributed by atoms with E-state index in [0.29, 0.717) is 24.3 Å². The maximum atomic E-state index is 12.3. The topological polar surface area (TPSA) is 68.1 Å². The maximum Gasteiger partial charge on any atom is 0.348 e. The number of carbonyl (C=O) groups is 1. The lowest BCUT2D eigenvalue weighted by Gasteiger charge is -2.10. The van der Waals surface area contributed by atoms with Gasteiger partial charge in [-0.05, 0) is 25.5 Å². The van der Waals surface area contributed by atoms with Crippen molar-refractivity contribution in [3.05, 3.63) is 29.8 Å². The number of benzene rings is 1. The molecule has 1 rings (SSSR count). The number of carbonyl (C=O) groups excluding carboxylic acids is 1. The number of oxime groups is 1. The molecule has 0 aromatic heterocycles. The molecule has 1 aromatic rings. The molecule has 0 heterocycles. The summed E-state index contributed by atoms with van der Waals surface area (Å²) in [5.41, 5.74) is 0.336. The molecule has 146 valence electrons. The minimum absolute atomic E-state index is 0.0595. The van der Waals surface area contributed by atoms with Crippen molar-refractivity contribution in [3.8, 4) is 5.75 Å². The lowest BCUT2D eigenvalue weighted by atomic mass is 10.1. The molecule has 26 heavy (non-hydrogen) atoms. The second-order valence-corrected chi connectivity index (χ2v) is 6.39. The summed E-state index contributed by atoms with van der Waals surface area (Å²) in [6, 6.07) is 6.90. The number of hydrogen-bond donors (Lipinski definition) is 1. The van der Waals surface area contributed by atoms with Crippen molar-refractivity contribution in [3.63, 3.8) is 0 Å². The molecule has 5 nitrogen and oxygen atoms in total. The van der Waals surface area contributed by atoms with E-state index in [0.717, 1.165) is 19.3 Å². The molecule has 0 aliphatic carbocycles. The van der Waals surface area contributed by atoms with Crippen LogP contribution in [0.3, 0.4) is 0 Å². The van der Waals surface area contributed by atoms with Crippen LogP contribution in [-0.4, -0.2) is 23.7 Å². The molecular formula is C21H33NO4. The van der Waals surface area contributed by atoms with Gasteiger partial charge >= 0.3 is 5.97 Å². The standard InChI is InChI=1S/C21H33NO4/c1-3-5-6-7-8-9-10-11-12-17-20(22-24)26-21(23)18-15-13-14-16-19(18)25-4-2/h13-16,24H,3-12,17H2,1-2H3. The Balaban J connectivity index is 2.29. The number of ether oxygens (including phenoxy) is 2. The van der Waals surface area contributed by atoms with Gasteiger partial charge in [0.1, 0.15) is 11.3 Å². The van der Waals surface area contributed by atoms with E-state index in [9.17, 15) is 4.79 Å². The molecule has 0 aliphatic rings. The average molecular weight is 363 g/mol. The van der Waals surface area contributed by atoms with Crippen molar-refractivity contribution in [2.75, 3.05) is 6.61 Å². The molecule has 0 atom stereocenters. The predicted molar refractivity (Wildman–Crippen MR) is 104 cm³/mol. The van der Waals surface area contributed by atoms with Crippen LogP contribution >= 0.6 is 0 Å². The van der Waals surface area contributed by atoms with Crippen molar-refractivity contribution in [2.45, 2.75) is 78.1 Å². The van der Waals surface area contributed by atoms with E-state index in [1.54, 1.807) is 24.3 Å². The van der Waals surface area contributed by atoms with Gasteiger partial charge in [-0.2, -0.15) is 0 Å². The van der Waals surface area contributed by atoms with Crippen molar-refractivity contribution < 1.29 is 19.5 Å². The molecule has 0 saturated carbocycles. The Bertz CT molecular complexity index is 543. The highest BCUT2D eigenvalue weighted by Gasteiger charge is 2.16. The van der Waals surface area contributed by atoms with Crippen LogP contribution in [0.4, 0.5) is 0 Å². The molecule has 0 radical (unpaired) electrons. The molecule has 0 bridgehead atoms. The highest BCUT2D eigenvalue weighted by Crippen LogP contribution is 2.19. The lowest BCUT2D eigenvalue weighted by molar-refractivity contribution is 0.0696. The lowest BCUT2D eigenvalue weighted by Crippen LogP contribution is -2.14. The van der Waals surface area contributed by atoms with Crippen LogP contribution in [-0.2, 0) is 4.74 Å². The summed E-state index contributed by atoms with van der Waals surface area (Å²) in [6.45, 7) is 4.54. The second kappa shape index (κ2) is 14.2. The summed E-state index contributed by atoms with van der Waals surface area (Å²) in [5, 5.41) is 12.2. The number of unbranched alkanes of at least 4 members (excludes halogenated alkanes) is 8. The van der Waals surface area contributed by atoms with E-state index in [1.165, 1.54) is 38.5 Å². The summed E-state index contributed by atoms with van der Waals surface area (Å²) in [5.74, 6) is -0.0256. The fourth-order valence-corrected chi connectivity index (χ4v) is 2.79. The van der Waals surface area contributed by atoms with Gasteiger partial charge in [0.2, 0.25) is 5.90 Å². The van der Waals surface area contributed by atoms with Gasteiger partial charge in [-0.15, -0.1) is 0 Å². The molecule has 5 heteroatoms. The number of hydrogen-bond acceptors (Lipinski definition) is 5. The molecule has 1 aromatic carbocycles. The molecule has 0 spiro atoms. The first-order chi connectivity index (χ1) is 12.7. The van der Waals surface area contributed by atoms with E-state index in [2.05, 4.69) is 12.1 Å². The van der Waals surface area contributed by atoms with Gasteiger partial charge in [-0.3, -0.25) is 0 Å². The van der Waals surface area contributed by atoms with E-state index >= 15 is 0 Å². The maximum absolute atomic E-state index is 12.3. The average Bonchev–Trinajstić information content (AvgIpc) is 2.66. The third kappa shape index (κ3) is 8.88. The Morgan fingerprint density at radius 3 is 2.19 bits per heavy atom. The van der Waals surface area contributed by atoms with Gasteiger partial charge in [0.25, 0.3) is 0 Å². The fraction of sp³-hybridized carbons (Fsp3) is 0.619. The van der Waals surface area contributed by atoms with Crippen molar-refractivity contribution in [1.29, 1.82) is 0 Å². The van der Waals surface area contributed by atoms with Crippen LogP contribution in [0, 0.1) is 0 Å². The summed E-state index contributed by atoms with van der Waals surface area (Å²) in [4.78, 5) is 12.3. The minimum Gasteiger partial charge on any atom is -0.493 e. The van der Waals surface area contributed by atoms with Gasteiger partial charge in [-0.25, -0.2) is 4.79 Å². The predicted octanol–water partition coefficient (Wildman–Crippen LogP) is 5.95. The van der Waals surface area contributed by atoms with Crippen LogP contribution in [0.5, 0.6) is 5.75 Å². The summed E-state index contributed by atoms with van der Waals surface area (Å²) in [7, 11) is 0. The summed E-state index contributed by atoms with van der Waals surface area (Å²) < 4.78 is 10.7. The van der Waals surface area contributed by atoms with Gasteiger partial charge in [0.15, 0.2) is 0 Å². The van der Waals surface area contributed by atoms with Crippen LogP contribution < -0.4 is 4.74 Å². The quantitative estimate of drug-likeness (QED) is 0.117. The number of rotatable bonds is 13. The van der Waals surface area contributed by atoms with Gasteiger partial charge in [0, 0.05) is 6.42 Å². The number of esters is 1. The molecule has 0 fully saturated rings. The van der Waals surface area contributed by atoms with Crippen LogP contribution in [0.2, 0.25) is 0 Å². The van der Waals surface area contributed by atoms with E-state index in [-0.39, 0.29) is 5.90 Å². The Hall–Kier alpha value is -2.04. The van der Waals surface area contributed by atoms with Crippen molar-refractivity contribution >= 4 is 11.9 Å². The van der Waals surface area contributed by atoms with E-state index < -0.39 is 5.97 Å². The highest BCUT2D eigenvalue weighted by molar-refractivity contribution is 6.00. The fourth-order valence-electron chi connectivity index (χ4n) is 2.79. The molecule has 0 aliphatic heterocycles. The first-order valence-corrected chi connectivity index (χ1v) is 9.87. The zero-order valence-corrected chi connectivity index (χ0v) is 16.2. The smallest absolute Gasteiger partial charge is 0.348 e. The number of nitrogens with zero attached hydrogens (tertiary/aromatic N) is 1.